The van der Waals surface area contributed by atoms with Crippen molar-refractivity contribution in [1.29, 1.82) is 0 Å². The van der Waals surface area contributed by atoms with Crippen molar-refractivity contribution >= 4 is 21.6 Å². The zero-order chi connectivity index (χ0) is 11.6. The van der Waals surface area contributed by atoms with E-state index >= 15 is 0 Å². The van der Waals surface area contributed by atoms with Gasteiger partial charge in [-0.25, -0.2) is 10.0 Å². The van der Waals surface area contributed by atoms with Crippen LogP contribution in [0.2, 0.25) is 0 Å². The highest BCUT2D eigenvalue weighted by molar-refractivity contribution is 8.32. The fourth-order valence-corrected chi connectivity index (χ4v) is 2.22. The van der Waals surface area contributed by atoms with Gasteiger partial charge in [-0.1, -0.05) is 6.07 Å². The van der Waals surface area contributed by atoms with Gasteiger partial charge < -0.3 is 4.90 Å². The predicted octanol–water partition coefficient (Wildman–Crippen LogP) is 2.72. The number of hydrogen-bond donors (Lipinski definition) is 0. The van der Waals surface area contributed by atoms with Crippen molar-refractivity contribution < 1.29 is 4.79 Å². The summed E-state index contributed by atoms with van der Waals surface area (Å²) in [5.41, 5.74) is 0.974. The van der Waals surface area contributed by atoms with E-state index in [-0.39, 0.29) is 5.91 Å². The molecule has 1 aromatic carbocycles. The minimum Gasteiger partial charge on any atom is -0.316 e. The molecule has 15 heavy (non-hydrogen) atoms. The molecule has 1 rings (SSSR count). The van der Waals surface area contributed by atoms with E-state index in [0.717, 1.165) is 5.69 Å². The van der Waals surface area contributed by atoms with Gasteiger partial charge >= 0.3 is 0 Å². The van der Waals surface area contributed by atoms with Crippen LogP contribution < -0.4 is 4.90 Å². The van der Waals surface area contributed by atoms with Crippen LogP contribution in [0.4, 0.5) is 5.69 Å². The molecule has 3 heteroatoms. The van der Waals surface area contributed by atoms with Crippen molar-refractivity contribution in [3.63, 3.8) is 0 Å². The van der Waals surface area contributed by atoms with Gasteiger partial charge in [-0.15, -0.1) is 0 Å². The highest BCUT2D eigenvalue weighted by Gasteiger charge is 2.11. The third-order valence-corrected chi connectivity index (χ3v) is 4.05. The number of benzene rings is 1. The Balaban J connectivity index is 3.08. The second kappa shape index (κ2) is 4.27. The Morgan fingerprint density at radius 3 is 2.33 bits per heavy atom. The molecular formula is C12H19NOS. The summed E-state index contributed by atoms with van der Waals surface area (Å²) in [6.45, 7) is 1.58. The molecule has 0 aliphatic carbocycles. The van der Waals surface area contributed by atoms with E-state index in [9.17, 15) is 4.79 Å². The summed E-state index contributed by atoms with van der Waals surface area (Å²) < 4.78 is 0. The van der Waals surface area contributed by atoms with E-state index in [2.05, 4.69) is 30.9 Å². The van der Waals surface area contributed by atoms with Crippen LogP contribution in [-0.4, -0.2) is 31.7 Å². The summed E-state index contributed by atoms with van der Waals surface area (Å²) in [7, 11) is 1.08. The Labute approximate surface area is 93.6 Å². The van der Waals surface area contributed by atoms with Crippen LogP contribution >= 0.6 is 10.0 Å². The molecule has 0 aliphatic heterocycles. The molecule has 0 spiro atoms. The predicted molar refractivity (Wildman–Crippen MR) is 69.2 cm³/mol. The van der Waals surface area contributed by atoms with Gasteiger partial charge in [0.2, 0.25) is 5.91 Å². The zero-order valence-corrected chi connectivity index (χ0v) is 10.9. The normalized spacial score (nSPS) is 12.3. The molecule has 84 valence electrons. The van der Waals surface area contributed by atoms with E-state index in [0.29, 0.717) is 0 Å². The maximum atomic E-state index is 11.2. The molecule has 0 bridgehead atoms. The summed E-state index contributed by atoms with van der Waals surface area (Å²) in [4.78, 5) is 14.2. The third-order valence-electron chi connectivity index (χ3n) is 2.38. The second-order valence-corrected chi connectivity index (χ2v) is 8.56. The average Bonchev–Trinajstić information content (AvgIpc) is 2.15. The first-order valence-electron chi connectivity index (χ1n) is 4.85. The fraction of sp³-hybridized carbons (Fsp3) is 0.417. The molecule has 0 fully saturated rings. The summed E-state index contributed by atoms with van der Waals surface area (Å²) in [5.74, 6) is 0.0658. The summed E-state index contributed by atoms with van der Waals surface area (Å²) in [5, 5.41) is 0. The Kier molecular flexibility index (Phi) is 3.45. The Morgan fingerprint density at radius 2 is 1.87 bits per heavy atom. The van der Waals surface area contributed by atoms with E-state index in [1.165, 1.54) is 4.90 Å². The van der Waals surface area contributed by atoms with Crippen LogP contribution in [0.25, 0.3) is 0 Å². The van der Waals surface area contributed by atoms with Gasteiger partial charge in [0.05, 0.1) is 0 Å². The van der Waals surface area contributed by atoms with Gasteiger partial charge in [0, 0.05) is 19.7 Å². The second-order valence-electron chi connectivity index (χ2n) is 4.41. The van der Waals surface area contributed by atoms with Crippen molar-refractivity contribution in [1.82, 2.24) is 0 Å². The van der Waals surface area contributed by atoms with E-state index < -0.39 is 10.0 Å². The summed E-state index contributed by atoms with van der Waals surface area (Å²) in [6.07, 6.45) is 6.75. The largest absolute Gasteiger partial charge is 0.316 e. The van der Waals surface area contributed by atoms with Crippen molar-refractivity contribution in [2.24, 2.45) is 0 Å². The van der Waals surface area contributed by atoms with Crippen LogP contribution in [0, 0.1) is 0 Å². The number of amides is 1. The average molecular weight is 225 g/mol. The minimum atomic E-state index is -0.723. The highest BCUT2D eigenvalue weighted by atomic mass is 32.3. The fourth-order valence-electron chi connectivity index (χ4n) is 1.25. The molecule has 2 nitrogen and oxygen atoms in total. The monoisotopic (exact) mass is 225 g/mol. The Morgan fingerprint density at radius 1 is 1.27 bits per heavy atom. The van der Waals surface area contributed by atoms with Gasteiger partial charge in [0.1, 0.15) is 0 Å². The standard InChI is InChI=1S/C12H19NOS/c1-10(14)13(2)11-7-6-8-12(9-11)15(3,4)5/h6-9H,1-5H3. The molecule has 0 heterocycles. The van der Waals surface area contributed by atoms with Gasteiger partial charge in [0.25, 0.3) is 0 Å². The van der Waals surface area contributed by atoms with E-state index in [1.807, 2.05) is 12.1 Å². The van der Waals surface area contributed by atoms with Gasteiger partial charge in [-0.05, 0) is 41.9 Å². The third kappa shape index (κ3) is 2.99. The first-order valence-corrected chi connectivity index (χ1v) is 7.71. The van der Waals surface area contributed by atoms with E-state index in [4.69, 9.17) is 0 Å². The molecule has 1 amide bonds. The lowest BCUT2D eigenvalue weighted by molar-refractivity contribution is -0.116. The van der Waals surface area contributed by atoms with Crippen LogP contribution in [0.15, 0.2) is 29.2 Å². The molecule has 0 aromatic heterocycles. The lowest BCUT2D eigenvalue weighted by atomic mass is 10.3. The van der Waals surface area contributed by atoms with Crippen LogP contribution in [0.3, 0.4) is 0 Å². The highest BCUT2D eigenvalue weighted by Crippen LogP contribution is 2.45. The SMILES string of the molecule is CC(=O)N(C)c1cccc(S(C)(C)C)c1. The number of nitrogens with zero attached hydrogens (tertiary/aromatic N) is 1. The van der Waals surface area contributed by atoms with Gasteiger partial charge in [0.15, 0.2) is 0 Å². The maximum Gasteiger partial charge on any atom is 0.223 e. The first-order chi connectivity index (χ1) is 6.82. The summed E-state index contributed by atoms with van der Waals surface area (Å²) >= 11 is 0. The maximum absolute atomic E-state index is 11.2. The lowest BCUT2D eigenvalue weighted by Gasteiger charge is -2.27. The molecule has 0 radical (unpaired) electrons. The number of rotatable bonds is 2. The molecule has 1 aromatic rings. The number of carbonyl (C=O) groups is 1. The number of hydrogen-bond acceptors (Lipinski definition) is 1. The zero-order valence-electron chi connectivity index (χ0n) is 10.1. The van der Waals surface area contributed by atoms with Crippen LogP contribution in [0.5, 0.6) is 0 Å². The van der Waals surface area contributed by atoms with E-state index in [1.54, 1.807) is 18.9 Å². The van der Waals surface area contributed by atoms with Crippen molar-refractivity contribution in [2.45, 2.75) is 11.8 Å². The lowest BCUT2D eigenvalue weighted by Crippen LogP contribution is -2.22. The molecule has 0 saturated heterocycles. The smallest absolute Gasteiger partial charge is 0.223 e. The first kappa shape index (κ1) is 12.1. The Bertz CT molecular complexity index is 368. The number of anilines is 1. The quantitative estimate of drug-likeness (QED) is 0.758. The molecule has 0 atom stereocenters. The molecule has 0 unspecified atom stereocenters. The molecular weight excluding hydrogens is 206 g/mol. The van der Waals surface area contributed by atoms with Gasteiger partial charge in [-0.3, -0.25) is 4.79 Å². The molecule has 0 N–H and O–H groups in total. The minimum absolute atomic E-state index is 0.0658. The van der Waals surface area contributed by atoms with Crippen molar-refractivity contribution in [3.05, 3.63) is 24.3 Å². The Hall–Kier alpha value is -0.960. The van der Waals surface area contributed by atoms with Crippen LogP contribution in [-0.2, 0) is 4.79 Å². The summed E-state index contributed by atoms with van der Waals surface area (Å²) in [6, 6.07) is 8.22. The van der Waals surface area contributed by atoms with Crippen LogP contribution in [0.1, 0.15) is 6.92 Å². The molecule has 0 aliphatic rings. The number of carbonyl (C=O) groups excluding carboxylic acids is 1. The topological polar surface area (TPSA) is 20.3 Å². The van der Waals surface area contributed by atoms with Crippen molar-refractivity contribution in [2.75, 3.05) is 30.7 Å². The molecule has 0 saturated carbocycles. The van der Waals surface area contributed by atoms with Gasteiger partial charge in [-0.2, -0.15) is 0 Å². The van der Waals surface area contributed by atoms with Crippen molar-refractivity contribution in [3.8, 4) is 0 Å².